The van der Waals surface area contributed by atoms with Crippen LogP contribution in [0, 0.1) is 0 Å². The van der Waals surface area contributed by atoms with Crippen LogP contribution < -0.4 is 15.4 Å². The third-order valence-corrected chi connectivity index (χ3v) is 4.73. The van der Waals surface area contributed by atoms with E-state index in [1.807, 2.05) is 65.6 Å². The van der Waals surface area contributed by atoms with E-state index >= 15 is 0 Å². The lowest BCUT2D eigenvalue weighted by atomic mass is 10.0. The number of nitrogens with one attached hydrogen (secondary N) is 1. The number of amides is 1. The minimum atomic E-state index is -3.37. The zero-order chi connectivity index (χ0) is 20.1. The first-order chi connectivity index (χ1) is 13.3. The fourth-order valence-electron chi connectivity index (χ4n) is 3.02. The lowest BCUT2D eigenvalue weighted by molar-refractivity contribution is -0.119. The van der Waals surface area contributed by atoms with Crippen molar-refractivity contribution >= 4 is 33.0 Å². The van der Waals surface area contributed by atoms with Crippen LogP contribution in [0.25, 0.3) is 0 Å². The van der Waals surface area contributed by atoms with Crippen LogP contribution in [-0.2, 0) is 14.8 Å². The fraction of sp³-hybridized carbons (Fsp3) is 0.0952. The minimum Gasteiger partial charge on any atom is -0.368 e. The molecule has 0 saturated carbocycles. The van der Waals surface area contributed by atoms with Crippen LogP contribution >= 0.6 is 0 Å². The van der Waals surface area contributed by atoms with E-state index in [1.165, 1.54) is 0 Å². The van der Waals surface area contributed by atoms with Crippen molar-refractivity contribution in [1.82, 2.24) is 0 Å². The van der Waals surface area contributed by atoms with Crippen molar-refractivity contribution in [2.24, 2.45) is 5.73 Å². The van der Waals surface area contributed by atoms with Gasteiger partial charge >= 0.3 is 0 Å². The first-order valence-electron chi connectivity index (χ1n) is 8.61. The van der Waals surface area contributed by atoms with Crippen LogP contribution in [0.4, 0.5) is 17.1 Å². The van der Waals surface area contributed by atoms with Crippen molar-refractivity contribution in [2.75, 3.05) is 15.9 Å². The van der Waals surface area contributed by atoms with Crippen molar-refractivity contribution in [3.8, 4) is 0 Å². The molecule has 0 aliphatic carbocycles. The molecule has 7 heteroatoms. The van der Waals surface area contributed by atoms with Gasteiger partial charge in [-0.15, -0.1) is 0 Å². The zero-order valence-electron chi connectivity index (χ0n) is 15.3. The first kappa shape index (κ1) is 19.4. The highest BCUT2D eigenvalue weighted by Crippen LogP contribution is 2.35. The molecule has 0 heterocycles. The molecule has 0 fully saturated rings. The second-order valence-electron chi connectivity index (χ2n) is 6.34. The Labute approximate surface area is 164 Å². The topological polar surface area (TPSA) is 92.5 Å². The van der Waals surface area contributed by atoms with Crippen molar-refractivity contribution < 1.29 is 13.2 Å². The molecule has 1 unspecified atom stereocenters. The third-order valence-electron chi connectivity index (χ3n) is 4.13. The second-order valence-corrected chi connectivity index (χ2v) is 8.09. The number of carbonyl (C=O) groups is 1. The van der Waals surface area contributed by atoms with Gasteiger partial charge in [-0.25, -0.2) is 8.42 Å². The van der Waals surface area contributed by atoms with Gasteiger partial charge in [0.2, 0.25) is 15.9 Å². The SMILES string of the molecule is CS(=O)(=O)Nc1ccc(N(c2ccccc2)C(C(N)=O)c2ccccc2)cc1. The van der Waals surface area contributed by atoms with E-state index in [0.717, 1.165) is 17.5 Å². The zero-order valence-corrected chi connectivity index (χ0v) is 16.1. The minimum absolute atomic E-state index is 0.439. The standard InChI is InChI=1S/C21H21N3O3S/c1-28(26,27)23-17-12-14-19(15-13-17)24(18-10-6-3-7-11-18)20(21(22)25)16-8-4-2-5-9-16/h2-15,20,23H,1H3,(H2,22,25). The summed E-state index contributed by atoms with van der Waals surface area (Å²) in [6, 6.07) is 24.8. The summed E-state index contributed by atoms with van der Waals surface area (Å²) in [5, 5.41) is 0. The molecule has 1 amide bonds. The molecule has 0 saturated heterocycles. The molecule has 0 bridgehead atoms. The normalized spacial score (nSPS) is 12.2. The van der Waals surface area contributed by atoms with Gasteiger partial charge in [-0.05, 0) is 42.0 Å². The van der Waals surface area contributed by atoms with Gasteiger partial charge in [0.15, 0.2) is 0 Å². The Morgan fingerprint density at radius 1 is 0.857 bits per heavy atom. The Bertz CT molecular complexity index is 1040. The molecule has 3 aromatic rings. The predicted molar refractivity (Wildman–Crippen MR) is 112 cm³/mol. The predicted octanol–water partition coefficient (Wildman–Crippen LogP) is 3.42. The average Bonchev–Trinajstić information content (AvgIpc) is 2.67. The van der Waals surface area contributed by atoms with E-state index in [2.05, 4.69) is 4.72 Å². The summed E-state index contributed by atoms with van der Waals surface area (Å²) in [5.41, 5.74) is 8.48. The molecule has 144 valence electrons. The van der Waals surface area contributed by atoms with E-state index in [1.54, 1.807) is 24.3 Å². The summed E-state index contributed by atoms with van der Waals surface area (Å²) >= 11 is 0. The number of nitrogens with zero attached hydrogens (tertiary/aromatic N) is 1. The third kappa shape index (κ3) is 4.69. The van der Waals surface area contributed by atoms with Crippen LogP contribution in [0.3, 0.4) is 0 Å². The van der Waals surface area contributed by atoms with E-state index in [9.17, 15) is 13.2 Å². The largest absolute Gasteiger partial charge is 0.368 e. The Morgan fingerprint density at radius 2 is 1.36 bits per heavy atom. The second kappa shape index (κ2) is 8.14. The highest BCUT2D eigenvalue weighted by atomic mass is 32.2. The molecule has 0 aliphatic rings. The molecule has 28 heavy (non-hydrogen) atoms. The van der Waals surface area contributed by atoms with Gasteiger partial charge in [-0.1, -0.05) is 48.5 Å². The van der Waals surface area contributed by atoms with Gasteiger partial charge < -0.3 is 10.6 Å². The number of sulfonamides is 1. The first-order valence-corrected chi connectivity index (χ1v) is 10.5. The molecule has 3 rings (SSSR count). The summed E-state index contributed by atoms with van der Waals surface area (Å²) in [5.74, 6) is -0.492. The molecule has 0 spiro atoms. The van der Waals surface area contributed by atoms with Gasteiger partial charge in [-0.2, -0.15) is 0 Å². The molecule has 0 aliphatic heterocycles. The van der Waals surface area contributed by atoms with E-state index in [0.29, 0.717) is 11.4 Å². The average molecular weight is 395 g/mol. The summed E-state index contributed by atoms with van der Waals surface area (Å²) in [4.78, 5) is 14.3. The Balaban J connectivity index is 2.08. The van der Waals surface area contributed by atoms with Gasteiger partial charge in [0, 0.05) is 17.1 Å². The summed E-state index contributed by atoms with van der Waals surface area (Å²) in [6.07, 6.45) is 1.09. The number of hydrogen-bond donors (Lipinski definition) is 2. The number of anilines is 3. The van der Waals surface area contributed by atoms with Gasteiger partial charge in [0.05, 0.1) is 6.26 Å². The number of primary amides is 1. The summed E-state index contributed by atoms with van der Waals surface area (Å²) in [7, 11) is -3.37. The van der Waals surface area contributed by atoms with Gasteiger partial charge in [-0.3, -0.25) is 9.52 Å². The van der Waals surface area contributed by atoms with Crippen molar-refractivity contribution in [2.45, 2.75) is 6.04 Å². The maximum Gasteiger partial charge on any atom is 0.245 e. The summed E-state index contributed by atoms with van der Waals surface area (Å²) < 4.78 is 25.3. The molecule has 1 atom stereocenters. The number of carbonyl (C=O) groups excluding carboxylic acids is 1. The van der Waals surface area contributed by atoms with Crippen LogP contribution in [0.2, 0.25) is 0 Å². The molecule has 0 aromatic heterocycles. The summed E-state index contributed by atoms with van der Waals surface area (Å²) in [6.45, 7) is 0. The molecule has 0 radical (unpaired) electrons. The van der Waals surface area contributed by atoms with Crippen LogP contribution in [0.15, 0.2) is 84.9 Å². The molecular formula is C21H21N3O3S. The Morgan fingerprint density at radius 3 is 1.86 bits per heavy atom. The Hall–Kier alpha value is -3.32. The monoisotopic (exact) mass is 395 g/mol. The van der Waals surface area contributed by atoms with E-state index < -0.39 is 22.0 Å². The fourth-order valence-corrected chi connectivity index (χ4v) is 3.58. The smallest absolute Gasteiger partial charge is 0.245 e. The van der Waals surface area contributed by atoms with Crippen LogP contribution in [0.1, 0.15) is 11.6 Å². The highest BCUT2D eigenvalue weighted by Gasteiger charge is 2.27. The lowest BCUT2D eigenvalue weighted by Crippen LogP contribution is -2.35. The van der Waals surface area contributed by atoms with E-state index in [4.69, 9.17) is 5.73 Å². The quantitative estimate of drug-likeness (QED) is 0.641. The molecule has 3 N–H and O–H groups in total. The van der Waals surface area contributed by atoms with Crippen molar-refractivity contribution in [3.05, 3.63) is 90.5 Å². The Kier molecular flexibility index (Phi) is 5.65. The highest BCUT2D eigenvalue weighted by molar-refractivity contribution is 7.92. The van der Waals surface area contributed by atoms with Crippen molar-refractivity contribution in [1.29, 1.82) is 0 Å². The number of nitrogens with two attached hydrogens (primary N) is 1. The van der Waals surface area contributed by atoms with E-state index in [-0.39, 0.29) is 0 Å². The van der Waals surface area contributed by atoms with Crippen LogP contribution in [-0.4, -0.2) is 20.6 Å². The molecule has 3 aromatic carbocycles. The number of rotatable bonds is 7. The molecule has 6 nitrogen and oxygen atoms in total. The maximum atomic E-state index is 12.4. The van der Waals surface area contributed by atoms with Crippen molar-refractivity contribution in [3.63, 3.8) is 0 Å². The lowest BCUT2D eigenvalue weighted by Gasteiger charge is -2.32. The number of para-hydroxylation sites is 1. The maximum absolute atomic E-state index is 12.4. The number of hydrogen-bond acceptors (Lipinski definition) is 4. The number of benzene rings is 3. The van der Waals surface area contributed by atoms with Crippen LogP contribution in [0.5, 0.6) is 0 Å². The molecular weight excluding hydrogens is 374 g/mol. The van der Waals surface area contributed by atoms with Gasteiger partial charge in [0.1, 0.15) is 6.04 Å². The van der Waals surface area contributed by atoms with Gasteiger partial charge in [0.25, 0.3) is 0 Å².